The molecule has 4 aromatic rings. The number of fused-ring (bicyclic) bond motifs is 1. The van der Waals surface area contributed by atoms with E-state index in [2.05, 4.69) is 24.1 Å². The largest absolute Gasteiger partial charge is 0.440 e. The number of hydrogen-bond donors (Lipinski definition) is 1. The summed E-state index contributed by atoms with van der Waals surface area (Å²) in [5.74, 6) is 0.487. The molecular formula is C24H21ClN2O2. The summed E-state index contributed by atoms with van der Waals surface area (Å²) >= 11 is 6.11. The summed E-state index contributed by atoms with van der Waals surface area (Å²) in [6.45, 7) is 6.04. The molecule has 0 aliphatic heterocycles. The minimum Gasteiger partial charge on any atom is -0.440 e. The van der Waals surface area contributed by atoms with Crippen molar-refractivity contribution in [3.05, 3.63) is 93.3 Å². The summed E-state index contributed by atoms with van der Waals surface area (Å²) in [5.41, 5.74) is 7.33. The van der Waals surface area contributed by atoms with Gasteiger partial charge in [0, 0.05) is 22.7 Å². The Hall–Kier alpha value is -3.11. The van der Waals surface area contributed by atoms with Gasteiger partial charge in [-0.15, -0.1) is 0 Å². The number of oxazole rings is 1. The zero-order valence-electron chi connectivity index (χ0n) is 16.5. The van der Waals surface area contributed by atoms with Gasteiger partial charge in [0.25, 0.3) is 5.91 Å². The molecule has 5 heteroatoms. The number of amides is 1. The summed E-state index contributed by atoms with van der Waals surface area (Å²) in [5, 5.41) is 3.47. The van der Waals surface area contributed by atoms with Gasteiger partial charge >= 0.3 is 0 Å². The molecule has 1 heterocycles. The van der Waals surface area contributed by atoms with Gasteiger partial charge in [-0.3, -0.25) is 4.79 Å². The molecule has 4 rings (SSSR count). The SMILES string of the molecule is Cc1cc2nc(Cc3ccc(NC(=O)c4ccc(C)c(Cl)c4)cc3)oc2cc1C. The number of halogens is 1. The molecule has 0 fully saturated rings. The van der Waals surface area contributed by atoms with Crippen LogP contribution in [0.1, 0.15) is 38.5 Å². The monoisotopic (exact) mass is 404 g/mol. The van der Waals surface area contributed by atoms with Crippen molar-refractivity contribution >= 4 is 34.3 Å². The van der Waals surface area contributed by atoms with Crippen LogP contribution in [0.2, 0.25) is 5.02 Å². The first-order chi connectivity index (χ1) is 13.9. The van der Waals surface area contributed by atoms with Crippen LogP contribution in [0.25, 0.3) is 11.1 Å². The Morgan fingerprint density at radius 3 is 2.41 bits per heavy atom. The van der Waals surface area contributed by atoms with E-state index < -0.39 is 0 Å². The van der Waals surface area contributed by atoms with E-state index >= 15 is 0 Å². The summed E-state index contributed by atoms with van der Waals surface area (Å²) < 4.78 is 5.89. The van der Waals surface area contributed by atoms with Gasteiger partial charge in [-0.25, -0.2) is 4.98 Å². The highest BCUT2D eigenvalue weighted by molar-refractivity contribution is 6.31. The standard InChI is InChI=1S/C24H21ClN2O2/c1-14-4-7-18(13-20(14)25)24(28)26-19-8-5-17(6-9-19)12-23-27-21-10-15(2)16(3)11-22(21)29-23/h4-11,13H,12H2,1-3H3,(H,26,28). The van der Waals surface area contributed by atoms with Gasteiger partial charge in [0.05, 0.1) is 0 Å². The topological polar surface area (TPSA) is 55.1 Å². The average molecular weight is 405 g/mol. The molecule has 29 heavy (non-hydrogen) atoms. The predicted octanol–water partition coefficient (Wildman–Crippen LogP) is 6.25. The van der Waals surface area contributed by atoms with Crippen molar-refractivity contribution in [3.63, 3.8) is 0 Å². The van der Waals surface area contributed by atoms with E-state index in [1.54, 1.807) is 12.1 Å². The molecule has 0 atom stereocenters. The van der Waals surface area contributed by atoms with Crippen molar-refractivity contribution in [2.75, 3.05) is 5.32 Å². The van der Waals surface area contributed by atoms with Gasteiger partial charge in [0.15, 0.2) is 11.5 Å². The fraction of sp³-hybridized carbons (Fsp3) is 0.167. The second kappa shape index (κ2) is 7.72. The summed E-state index contributed by atoms with van der Waals surface area (Å²) in [6.07, 6.45) is 0.592. The smallest absolute Gasteiger partial charge is 0.255 e. The number of nitrogens with zero attached hydrogens (tertiary/aromatic N) is 1. The van der Waals surface area contributed by atoms with Crippen LogP contribution in [0, 0.1) is 20.8 Å². The third-order valence-electron chi connectivity index (χ3n) is 5.05. The van der Waals surface area contributed by atoms with Crippen LogP contribution in [0.4, 0.5) is 5.69 Å². The molecule has 1 aromatic heterocycles. The number of anilines is 1. The molecule has 0 unspecified atom stereocenters. The maximum absolute atomic E-state index is 12.4. The van der Waals surface area contributed by atoms with Gasteiger partial charge < -0.3 is 9.73 Å². The lowest BCUT2D eigenvalue weighted by molar-refractivity contribution is 0.102. The molecule has 0 saturated carbocycles. The lowest BCUT2D eigenvalue weighted by Crippen LogP contribution is -2.11. The molecule has 1 N–H and O–H groups in total. The van der Waals surface area contributed by atoms with E-state index in [-0.39, 0.29) is 5.91 Å². The average Bonchev–Trinajstić information content (AvgIpc) is 3.06. The van der Waals surface area contributed by atoms with E-state index in [0.717, 1.165) is 27.9 Å². The highest BCUT2D eigenvalue weighted by atomic mass is 35.5. The molecule has 0 aliphatic carbocycles. The van der Waals surface area contributed by atoms with Crippen LogP contribution in [0.3, 0.4) is 0 Å². The number of aryl methyl sites for hydroxylation is 3. The fourth-order valence-corrected chi connectivity index (χ4v) is 3.30. The lowest BCUT2D eigenvalue weighted by Gasteiger charge is -2.07. The van der Waals surface area contributed by atoms with Crippen molar-refractivity contribution in [2.45, 2.75) is 27.2 Å². The van der Waals surface area contributed by atoms with Gasteiger partial charge in [-0.05, 0) is 79.4 Å². The summed E-state index contributed by atoms with van der Waals surface area (Å²) in [4.78, 5) is 17.0. The number of carbonyl (C=O) groups excluding carboxylic acids is 1. The predicted molar refractivity (Wildman–Crippen MR) is 117 cm³/mol. The van der Waals surface area contributed by atoms with E-state index in [9.17, 15) is 4.79 Å². The third kappa shape index (κ3) is 4.17. The maximum atomic E-state index is 12.4. The Balaban J connectivity index is 1.46. The molecule has 3 aromatic carbocycles. The molecule has 0 spiro atoms. The van der Waals surface area contributed by atoms with E-state index in [4.69, 9.17) is 16.0 Å². The van der Waals surface area contributed by atoms with E-state index in [0.29, 0.717) is 22.9 Å². The highest BCUT2D eigenvalue weighted by Gasteiger charge is 2.10. The Kier molecular flexibility index (Phi) is 5.12. The van der Waals surface area contributed by atoms with E-state index in [1.165, 1.54) is 11.1 Å². The minimum atomic E-state index is -0.190. The molecule has 0 radical (unpaired) electrons. The Bertz CT molecular complexity index is 1170. The number of nitrogens with one attached hydrogen (secondary N) is 1. The van der Waals surface area contributed by atoms with Crippen molar-refractivity contribution < 1.29 is 9.21 Å². The zero-order valence-corrected chi connectivity index (χ0v) is 17.3. The second-order valence-electron chi connectivity index (χ2n) is 7.30. The fourth-order valence-electron chi connectivity index (χ4n) is 3.12. The van der Waals surface area contributed by atoms with Gasteiger partial charge in [-0.1, -0.05) is 29.8 Å². The van der Waals surface area contributed by atoms with Crippen LogP contribution in [-0.2, 0) is 6.42 Å². The molecule has 146 valence electrons. The van der Waals surface area contributed by atoms with Crippen molar-refractivity contribution in [1.82, 2.24) is 4.98 Å². The highest BCUT2D eigenvalue weighted by Crippen LogP contribution is 2.22. The van der Waals surface area contributed by atoms with E-state index in [1.807, 2.05) is 49.4 Å². The molecule has 4 nitrogen and oxygen atoms in total. The molecule has 0 aliphatic rings. The van der Waals surface area contributed by atoms with Crippen LogP contribution in [-0.4, -0.2) is 10.9 Å². The van der Waals surface area contributed by atoms with Gasteiger partial charge in [0.1, 0.15) is 5.52 Å². The third-order valence-corrected chi connectivity index (χ3v) is 5.46. The first-order valence-corrected chi connectivity index (χ1v) is 9.80. The summed E-state index contributed by atoms with van der Waals surface area (Å²) in [7, 11) is 0. The van der Waals surface area contributed by atoms with Crippen molar-refractivity contribution in [2.24, 2.45) is 0 Å². The Labute approximate surface area is 174 Å². The van der Waals surface area contributed by atoms with Crippen molar-refractivity contribution in [3.8, 4) is 0 Å². The van der Waals surface area contributed by atoms with Gasteiger partial charge in [0.2, 0.25) is 0 Å². The molecule has 0 bridgehead atoms. The molecule has 1 amide bonds. The molecular weight excluding hydrogens is 384 g/mol. The Morgan fingerprint density at radius 2 is 1.69 bits per heavy atom. The number of aromatic nitrogens is 1. The Morgan fingerprint density at radius 1 is 0.966 bits per heavy atom. The van der Waals surface area contributed by atoms with Crippen LogP contribution >= 0.6 is 11.6 Å². The first kappa shape index (κ1) is 19.2. The second-order valence-corrected chi connectivity index (χ2v) is 7.71. The zero-order chi connectivity index (χ0) is 20.5. The number of carbonyl (C=O) groups is 1. The van der Waals surface area contributed by atoms with Crippen LogP contribution in [0.15, 0.2) is 59.0 Å². The number of benzene rings is 3. The van der Waals surface area contributed by atoms with Gasteiger partial charge in [-0.2, -0.15) is 0 Å². The first-order valence-electron chi connectivity index (χ1n) is 9.42. The van der Waals surface area contributed by atoms with Crippen molar-refractivity contribution in [1.29, 1.82) is 0 Å². The number of rotatable bonds is 4. The lowest BCUT2D eigenvalue weighted by atomic mass is 10.1. The minimum absolute atomic E-state index is 0.190. The normalized spacial score (nSPS) is 11.0. The summed E-state index contributed by atoms with van der Waals surface area (Å²) in [6, 6.07) is 17.0. The molecule has 0 saturated heterocycles. The quantitative estimate of drug-likeness (QED) is 0.437. The van der Waals surface area contributed by atoms with Crippen LogP contribution < -0.4 is 5.32 Å². The maximum Gasteiger partial charge on any atom is 0.255 e. The van der Waals surface area contributed by atoms with Crippen LogP contribution in [0.5, 0.6) is 0 Å². The number of hydrogen-bond acceptors (Lipinski definition) is 3.